The molecule has 3 heterocycles. The van der Waals surface area contributed by atoms with Crippen LogP contribution in [-0.4, -0.2) is 62.8 Å². The van der Waals surface area contributed by atoms with Crippen molar-refractivity contribution in [3.8, 4) is 5.75 Å². The van der Waals surface area contributed by atoms with Gasteiger partial charge in [0.15, 0.2) is 0 Å². The number of rotatable bonds is 11. The number of urea groups is 1. The second kappa shape index (κ2) is 17.7. The van der Waals surface area contributed by atoms with Crippen molar-refractivity contribution in [1.29, 1.82) is 0 Å². The number of ether oxygens (including phenoxy) is 1. The van der Waals surface area contributed by atoms with E-state index in [0.29, 0.717) is 79.1 Å². The van der Waals surface area contributed by atoms with Gasteiger partial charge < -0.3 is 15.0 Å². The van der Waals surface area contributed by atoms with E-state index in [1.807, 2.05) is 72.5 Å². The van der Waals surface area contributed by atoms with Crippen molar-refractivity contribution in [2.24, 2.45) is 16.8 Å². The lowest BCUT2D eigenvalue weighted by Gasteiger charge is -2.38. The highest BCUT2D eigenvalue weighted by Gasteiger charge is 2.35. The summed E-state index contributed by atoms with van der Waals surface area (Å²) in [4.78, 5) is 46.1. The molecule has 1 aliphatic heterocycles. The number of amides is 3. The largest absolute Gasteiger partial charge is 0.493 e. The van der Waals surface area contributed by atoms with E-state index in [4.69, 9.17) is 37.9 Å². The van der Waals surface area contributed by atoms with Crippen LogP contribution < -0.4 is 10.1 Å². The summed E-state index contributed by atoms with van der Waals surface area (Å²) in [5.74, 6) is 1.29. The number of nitrogens with one attached hydrogen (secondary N) is 1. The number of carbonyl (C=O) groups excluding carboxylic acids is 2. The maximum atomic E-state index is 14.9. The van der Waals surface area contributed by atoms with Crippen molar-refractivity contribution in [3.05, 3.63) is 112 Å². The summed E-state index contributed by atoms with van der Waals surface area (Å²) in [5.41, 5.74) is 2.37. The van der Waals surface area contributed by atoms with Gasteiger partial charge in [-0.2, -0.15) is 0 Å². The van der Waals surface area contributed by atoms with Crippen LogP contribution in [0.2, 0.25) is 5.02 Å². The molecule has 3 aromatic rings. The van der Waals surface area contributed by atoms with E-state index < -0.39 is 5.54 Å². The van der Waals surface area contributed by atoms with Crippen LogP contribution >= 0.6 is 23.2 Å². The number of nitrogens with zero attached hydrogens (tertiary/aromatic N) is 5. The Hall–Kier alpha value is -4.21. The van der Waals surface area contributed by atoms with Gasteiger partial charge in [-0.05, 0) is 81.9 Å². The number of hydrogen-bond donors (Lipinski definition) is 1. The lowest BCUT2D eigenvalue weighted by molar-refractivity contribution is -0.122. The quantitative estimate of drug-likeness (QED) is 0.155. The molecule has 282 valence electrons. The van der Waals surface area contributed by atoms with Crippen LogP contribution in [0.4, 0.5) is 4.79 Å². The summed E-state index contributed by atoms with van der Waals surface area (Å²) in [6.07, 6.45) is 12.1. The Bertz CT molecular complexity index is 1810. The fourth-order valence-electron chi connectivity index (χ4n) is 6.56. The highest BCUT2D eigenvalue weighted by atomic mass is 35.5. The van der Waals surface area contributed by atoms with E-state index in [9.17, 15) is 9.59 Å². The molecule has 1 aliphatic carbocycles. The zero-order valence-corrected chi connectivity index (χ0v) is 33.3. The number of pyridine rings is 2. The molecule has 3 amide bonds. The van der Waals surface area contributed by atoms with Crippen LogP contribution in [0.1, 0.15) is 89.7 Å². The normalized spacial score (nSPS) is 17.0. The maximum absolute atomic E-state index is 14.9. The monoisotopic (exact) mass is 758 g/mol. The van der Waals surface area contributed by atoms with Gasteiger partial charge in [-0.3, -0.25) is 24.7 Å². The lowest BCUT2D eigenvalue weighted by atomic mass is 9.83. The topological polar surface area (TPSA) is 100 Å². The fourth-order valence-corrected chi connectivity index (χ4v) is 6.85. The van der Waals surface area contributed by atoms with Crippen molar-refractivity contribution in [2.45, 2.75) is 91.3 Å². The second-order valence-electron chi connectivity index (χ2n) is 15.4. The number of aliphatic imine (C=N–C) groups is 1. The second-order valence-corrected chi connectivity index (χ2v) is 16.2. The predicted molar refractivity (Wildman–Crippen MR) is 213 cm³/mol. The summed E-state index contributed by atoms with van der Waals surface area (Å²) >= 11 is 12.6. The molecule has 1 unspecified atom stereocenters. The molecule has 0 saturated carbocycles. The molecular weight excluding hydrogens is 707 g/mol. The third-order valence-corrected chi connectivity index (χ3v) is 10.4. The zero-order chi connectivity index (χ0) is 38.2. The van der Waals surface area contributed by atoms with Crippen LogP contribution in [0, 0.1) is 11.8 Å². The van der Waals surface area contributed by atoms with Gasteiger partial charge in [0, 0.05) is 65.1 Å². The Labute approximate surface area is 324 Å². The van der Waals surface area contributed by atoms with Crippen molar-refractivity contribution in [2.75, 3.05) is 19.7 Å². The molecule has 1 fully saturated rings. The first-order valence-electron chi connectivity index (χ1n) is 18.5. The van der Waals surface area contributed by atoms with Crippen LogP contribution in [0.25, 0.3) is 0 Å². The predicted octanol–water partition coefficient (Wildman–Crippen LogP) is 9.09. The van der Waals surface area contributed by atoms with Gasteiger partial charge in [-0.1, -0.05) is 74.3 Å². The minimum absolute atomic E-state index is 0.0102. The molecule has 1 atom stereocenters. The van der Waals surface area contributed by atoms with E-state index in [1.165, 1.54) is 0 Å². The summed E-state index contributed by atoms with van der Waals surface area (Å²) in [5, 5.41) is 4.31. The lowest BCUT2D eigenvalue weighted by Crippen LogP contribution is -2.50. The van der Waals surface area contributed by atoms with E-state index in [1.54, 1.807) is 17.3 Å². The molecule has 0 bridgehead atoms. The number of likely N-dealkylation sites (tertiary alicyclic amines) is 1. The Balaban J connectivity index is 1.48. The van der Waals surface area contributed by atoms with Crippen molar-refractivity contribution < 1.29 is 14.3 Å². The minimum atomic E-state index is -0.639. The zero-order valence-electron chi connectivity index (χ0n) is 31.7. The average molecular weight is 760 g/mol. The number of hydrogen-bond acceptors (Lipinski definition) is 6. The van der Waals surface area contributed by atoms with E-state index in [-0.39, 0.29) is 35.7 Å². The van der Waals surface area contributed by atoms with Crippen molar-refractivity contribution in [1.82, 2.24) is 25.1 Å². The number of allylic oxidation sites excluding steroid dienone is 3. The molecule has 0 radical (unpaired) electrons. The highest BCUT2D eigenvalue weighted by Crippen LogP contribution is 2.35. The number of aromatic nitrogens is 2. The molecule has 53 heavy (non-hydrogen) atoms. The van der Waals surface area contributed by atoms with Gasteiger partial charge in [0.05, 0.1) is 36.5 Å². The van der Waals surface area contributed by atoms with Crippen molar-refractivity contribution in [3.63, 3.8) is 0 Å². The van der Waals surface area contributed by atoms with E-state index >= 15 is 0 Å². The van der Waals surface area contributed by atoms with Gasteiger partial charge in [-0.15, -0.1) is 0 Å². The highest BCUT2D eigenvalue weighted by molar-refractivity contribution is 6.31. The Morgan fingerprint density at radius 1 is 1.04 bits per heavy atom. The SMILES string of the molecule is CCOc1cc(C(C)(C)C)ncc1C(=NC(C)(C)C1C=CC(Cl)=CC1)N(Cc1ccc(Cl)cc1)C(=O)N1CCC(CC(=O)NCc2ccccn2)CC1. The van der Waals surface area contributed by atoms with Gasteiger partial charge >= 0.3 is 6.03 Å². The van der Waals surface area contributed by atoms with Crippen molar-refractivity contribution >= 4 is 41.0 Å². The first-order chi connectivity index (χ1) is 25.2. The Kier molecular flexibility index (Phi) is 13.4. The van der Waals surface area contributed by atoms with E-state index in [2.05, 4.69) is 51.0 Å². The number of piperidine rings is 1. The molecule has 9 nitrogen and oxygen atoms in total. The third kappa shape index (κ3) is 10.9. The van der Waals surface area contributed by atoms with Crippen LogP contribution in [-0.2, 0) is 23.3 Å². The van der Waals surface area contributed by atoms with Crippen LogP contribution in [0.15, 0.2) is 89.2 Å². The first kappa shape index (κ1) is 40.0. The summed E-state index contributed by atoms with van der Waals surface area (Å²) < 4.78 is 6.30. The molecule has 2 aliphatic rings. The molecule has 11 heteroatoms. The molecule has 1 aromatic carbocycles. The average Bonchev–Trinajstić information content (AvgIpc) is 3.13. The molecular formula is C42H52Cl2N6O3. The number of carbonyl (C=O) groups is 2. The van der Waals surface area contributed by atoms with Gasteiger partial charge in [0.25, 0.3) is 0 Å². The van der Waals surface area contributed by atoms with E-state index in [0.717, 1.165) is 17.0 Å². The molecule has 2 aromatic heterocycles. The fraction of sp³-hybridized carbons (Fsp3) is 0.452. The summed E-state index contributed by atoms with van der Waals surface area (Å²) in [7, 11) is 0. The Morgan fingerprint density at radius 2 is 1.77 bits per heavy atom. The molecule has 1 N–H and O–H groups in total. The molecule has 0 spiro atoms. The standard InChI is InChI=1S/C42H52Cl2N6O3/c1-7-53-36-25-37(41(2,3)4)46-27-35(36)39(48-42(5,6)31-13-17-33(44)18-14-31)50(28-30-11-15-32(43)16-12-30)40(52)49-22-19-29(20-23-49)24-38(51)47-26-34-10-8-9-21-45-34/h8-13,15-18,21,25,27,29,31H,7,14,19-20,22-24,26,28H2,1-6H3,(H,47,51). The van der Waals surface area contributed by atoms with Crippen LogP contribution in [0.5, 0.6) is 5.75 Å². The Morgan fingerprint density at radius 3 is 2.40 bits per heavy atom. The van der Waals surface area contributed by atoms with Gasteiger partial charge in [-0.25, -0.2) is 4.79 Å². The van der Waals surface area contributed by atoms with Gasteiger partial charge in [0.1, 0.15) is 11.6 Å². The molecule has 1 saturated heterocycles. The van der Waals surface area contributed by atoms with Crippen LogP contribution in [0.3, 0.4) is 0 Å². The summed E-state index contributed by atoms with van der Waals surface area (Å²) in [6.45, 7) is 14.6. The minimum Gasteiger partial charge on any atom is -0.493 e. The maximum Gasteiger partial charge on any atom is 0.325 e. The third-order valence-electron chi connectivity index (χ3n) is 9.82. The molecule has 5 rings (SSSR count). The number of amidine groups is 1. The number of halogens is 2. The van der Waals surface area contributed by atoms with Gasteiger partial charge in [0.2, 0.25) is 5.91 Å². The number of benzene rings is 1. The smallest absolute Gasteiger partial charge is 0.325 e. The summed E-state index contributed by atoms with van der Waals surface area (Å²) in [6, 6.07) is 15.0. The first-order valence-corrected chi connectivity index (χ1v) is 19.2.